The third-order valence-electron chi connectivity index (χ3n) is 2.46. The highest BCUT2D eigenvalue weighted by Crippen LogP contribution is 2.08. The van der Waals surface area contributed by atoms with Crippen LogP contribution < -0.4 is 0 Å². The first-order chi connectivity index (χ1) is 7.58. The van der Waals surface area contributed by atoms with Crippen LogP contribution in [-0.4, -0.2) is 48.1 Å². The smallest absolute Gasteiger partial charge is 0.238 e. The van der Waals surface area contributed by atoms with Crippen LogP contribution in [0, 0.1) is 6.92 Å². The van der Waals surface area contributed by atoms with Crippen molar-refractivity contribution in [3.63, 3.8) is 0 Å². The normalized spacial score (nSPS) is 21.1. The Morgan fingerprint density at radius 3 is 2.94 bits per heavy atom. The standard InChI is InChI=1S/C9H15N3O3S/c1-9-2-3-11(10-9)4-5-12-6-7-15-8-16(12,13)14/h2-3H,4-8H2,1H3. The van der Waals surface area contributed by atoms with Gasteiger partial charge in [-0.3, -0.25) is 4.68 Å². The number of hydrogen-bond acceptors (Lipinski definition) is 4. The van der Waals surface area contributed by atoms with Crippen molar-refractivity contribution in [2.45, 2.75) is 13.5 Å². The van der Waals surface area contributed by atoms with E-state index in [-0.39, 0.29) is 5.94 Å². The summed E-state index contributed by atoms with van der Waals surface area (Å²) in [6, 6.07) is 1.90. The molecule has 0 atom stereocenters. The predicted octanol–water partition coefficient (Wildman–Crippen LogP) is -0.189. The Balaban J connectivity index is 1.94. The Kier molecular flexibility index (Phi) is 3.27. The number of ether oxygens (including phenoxy) is 1. The van der Waals surface area contributed by atoms with E-state index in [1.807, 2.05) is 19.2 Å². The van der Waals surface area contributed by atoms with Crippen LogP contribution in [0.3, 0.4) is 0 Å². The molecule has 0 aliphatic carbocycles. The fraction of sp³-hybridized carbons (Fsp3) is 0.667. The SMILES string of the molecule is Cc1ccn(CCN2CCOCS2(=O)=O)n1. The molecule has 2 rings (SSSR count). The maximum atomic E-state index is 11.6. The molecule has 7 heteroatoms. The summed E-state index contributed by atoms with van der Waals surface area (Å²) in [5, 5.41) is 4.21. The van der Waals surface area contributed by atoms with Gasteiger partial charge in [-0.25, -0.2) is 8.42 Å². The number of aryl methyl sites for hydroxylation is 1. The summed E-state index contributed by atoms with van der Waals surface area (Å²) in [4.78, 5) is 0. The van der Waals surface area contributed by atoms with Crippen LogP contribution >= 0.6 is 0 Å². The molecule has 0 unspecified atom stereocenters. The van der Waals surface area contributed by atoms with E-state index in [0.717, 1.165) is 5.69 Å². The zero-order chi connectivity index (χ0) is 11.6. The zero-order valence-corrected chi connectivity index (χ0v) is 9.98. The van der Waals surface area contributed by atoms with Crippen LogP contribution in [0.1, 0.15) is 5.69 Å². The van der Waals surface area contributed by atoms with E-state index in [4.69, 9.17) is 4.74 Å². The molecule has 1 saturated heterocycles. The van der Waals surface area contributed by atoms with Crippen molar-refractivity contribution in [1.82, 2.24) is 14.1 Å². The molecular formula is C9H15N3O3S. The summed E-state index contributed by atoms with van der Waals surface area (Å²) in [6.45, 7) is 3.84. The molecule has 1 aliphatic heterocycles. The van der Waals surface area contributed by atoms with Crippen molar-refractivity contribution in [2.75, 3.05) is 25.6 Å². The highest BCUT2D eigenvalue weighted by molar-refractivity contribution is 7.88. The van der Waals surface area contributed by atoms with Gasteiger partial charge >= 0.3 is 0 Å². The van der Waals surface area contributed by atoms with Crippen molar-refractivity contribution in [3.05, 3.63) is 18.0 Å². The van der Waals surface area contributed by atoms with Gasteiger partial charge in [0.05, 0.1) is 18.8 Å². The first-order valence-corrected chi connectivity index (χ1v) is 6.74. The van der Waals surface area contributed by atoms with E-state index >= 15 is 0 Å². The van der Waals surface area contributed by atoms with Crippen molar-refractivity contribution < 1.29 is 13.2 Å². The quantitative estimate of drug-likeness (QED) is 0.740. The summed E-state index contributed by atoms with van der Waals surface area (Å²) < 4.78 is 31.3. The van der Waals surface area contributed by atoms with Gasteiger partial charge in [-0.05, 0) is 13.0 Å². The predicted molar refractivity (Wildman–Crippen MR) is 58.3 cm³/mol. The minimum atomic E-state index is -3.22. The lowest BCUT2D eigenvalue weighted by Gasteiger charge is -2.26. The maximum Gasteiger partial charge on any atom is 0.238 e. The fourth-order valence-corrected chi connectivity index (χ4v) is 2.79. The highest BCUT2D eigenvalue weighted by Gasteiger charge is 2.25. The van der Waals surface area contributed by atoms with E-state index in [0.29, 0.717) is 26.2 Å². The molecule has 90 valence electrons. The van der Waals surface area contributed by atoms with Gasteiger partial charge in [0.25, 0.3) is 0 Å². The molecule has 0 bridgehead atoms. The molecule has 1 aromatic rings. The summed E-state index contributed by atoms with van der Waals surface area (Å²) >= 11 is 0. The Hall–Kier alpha value is -0.920. The molecule has 1 aromatic heterocycles. The monoisotopic (exact) mass is 245 g/mol. The van der Waals surface area contributed by atoms with Crippen LogP contribution in [0.2, 0.25) is 0 Å². The number of rotatable bonds is 3. The van der Waals surface area contributed by atoms with Gasteiger partial charge < -0.3 is 4.74 Å². The van der Waals surface area contributed by atoms with Gasteiger partial charge in [-0.15, -0.1) is 0 Å². The molecule has 1 fully saturated rings. The molecule has 0 aromatic carbocycles. The second kappa shape index (κ2) is 4.52. The summed E-state index contributed by atoms with van der Waals surface area (Å²) in [5.74, 6) is -0.203. The van der Waals surface area contributed by atoms with Crippen LogP contribution in [0.5, 0.6) is 0 Å². The van der Waals surface area contributed by atoms with Crippen LogP contribution in [0.4, 0.5) is 0 Å². The van der Waals surface area contributed by atoms with E-state index in [9.17, 15) is 8.42 Å². The highest BCUT2D eigenvalue weighted by atomic mass is 32.2. The van der Waals surface area contributed by atoms with E-state index in [2.05, 4.69) is 5.10 Å². The Bertz CT molecular complexity index is 454. The molecule has 0 saturated carbocycles. The number of aromatic nitrogens is 2. The molecule has 2 heterocycles. The van der Waals surface area contributed by atoms with Crippen LogP contribution in [0.25, 0.3) is 0 Å². The van der Waals surface area contributed by atoms with Gasteiger partial charge in [0.2, 0.25) is 10.0 Å². The summed E-state index contributed by atoms with van der Waals surface area (Å²) in [6.07, 6.45) is 1.85. The van der Waals surface area contributed by atoms with Gasteiger partial charge in [-0.2, -0.15) is 9.40 Å². The number of sulfonamides is 1. The van der Waals surface area contributed by atoms with Gasteiger partial charge in [-0.1, -0.05) is 0 Å². The average molecular weight is 245 g/mol. The molecule has 0 spiro atoms. The Morgan fingerprint density at radius 1 is 1.50 bits per heavy atom. The molecule has 0 radical (unpaired) electrons. The Labute approximate surface area is 94.9 Å². The number of hydrogen-bond donors (Lipinski definition) is 0. The molecule has 0 amide bonds. The minimum Gasteiger partial charge on any atom is -0.363 e. The van der Waals surface area contributed by atoms with Gasteiger partial charge in [0, 0.05) is 19.3 Å². The fourth-order valence-electron chi connectivity index (χ4n) is 1.60. The van der Waals surface area contributed by atoms with Crippen molar-refractivity contribution in [3.8, 4) is 0 Å². The second-order valence-corrected chi connectivity index (χ2v) is 5.67. The first-order valence-electron chi connectivity index (χ1n) is 5.13. The molecule has 0 N–H and O–H groups in total. The van der Waals surface area contributed by atoms with Crippen LogP contribution in [-0.2, 0) is 21.3 Å². The molecular weight excluding hydrogens is 230 g/mol. The zero-order valence-electron chi connectivity index (χ0n) is 9.16. The molecule has 1 aliphatic rings. The summed E-state index contributed by atoms with van der Waals surface area (Å²) in [7, 11) is -3.22. The topological polar surface area (TPSA) is 64.4 Å². The van der Waals surface area contributed by atoms with Crippen LogP contribution in [0.15, 0.2) is 12.3 Å². The third kappa shape index (κ3) is 2.60. The van der Waals surface area contributed by atoms with E-state index < -0.39 is 10.0 Å². The third-order valence-corrected chi connectivity index (χ3v) is 4.08. The lowest BCUT2D eigenvalue weighted by molar-refractivity contribution is 0.131. The Morgan fingerprint density at radius 2 is 2.31 bits per heavy atom. The lowest BCUT2D eigenvalue weighted by atomic mass is 10.5. The van der Waals surface area contributed by atoms with Crippen molar-refractivity contribution >= 4 is 10.0 Å². The number of nitrogens with zero attached hydrogens (tertiary/aromatic N) is 3. The average Bonchev–Trinajstić information content (AvgIpc) is 2.62. The van der Waals surface area contributed by atoms with Crippen molar-refractivity contribution in [2.24, 2.45) is 0 Å². The second-order valence-electron chi connectivity index (χ2n) is 3.76. The largest absolute Gasteiger partial charge is 0.363 e. The van der Waals surface area contributed by atoms with Gasteiger partial charge in [0.1, 0.15) is 0 Å². The van der Waals surface area contributed by atoms with Crippen molar-refractivity contribution in [1.29, 1.82) is 0 Å². The summed E-state index contributed by atoms with van der Waals surface area (Å²) in [5.41, 5.74) is 0.935. The lowest BCUT2D eigenvalue weighted by Crippen LogP contribution is -2.42. The van der Waals surface area contributed by atoms with E-state index in [1.54, 1.807) is 4.68 Å². The maximum absolute atomic E-state index is 11.6. The molecule has 16 heavy (non-hydrogen) atoms. The molecule has 6 nitrogen and oxygen atoms in total. The first kappa shape index (κ1) is 11.6. The van der Waals surface area contributed by atoms with Gasteiger partial charge in [0.15, 0.2) is 5.94 Å². The van der Waals surface area contributed by atoms with E-state index in [1.165, 1.54) is 4.31 Å². The minimum absolute atomic E-state index is 0.203.